The van der Waals surface area contributed by atoms with Gasteiger partial charge in [-0.2, -0.15) is 0 Å². The van der Waals surface area contributed by atoms with Gasteiger partial charge in [0.25, 0.3) is 5.69 Å². The molecule has 1 aromatic rings. The fraction of sp³-hybridized carbons (Fsp3) is 0.300. The van der Waals surface area contributed by atoms with E-state index in [1.54, 1.807) is 0 Å². The third-order valence-corrected chi connectivity index (χ3v) is 4.23. The lowest BCUT2D eigenvalue weighted by molar-refractivity contribution is -0.384. The van der Waals surface area contributed by atoms with E-state index in [9.17, 15) is 14.9 Å². The first-order valence-corrected chi connectivity index (χ1v) is 6.96. The Balaban J connectivity index is 2.84. The van der Waals surface area contributed by atoms with Crippen molar-refractivity contribution >= 4 is 58.2 Å². The molecule has 9 heteroatoms. The van der Waals surface area contributed by atoms with Crippen LogP contribution in [0.3, 0.4) is 0 Å². The van der Waals surface area contributed by atoms with Crippen molar-refractivity contribution in [3.8, 4) is 0 Å². The molecule has 0 aliphatic carbocycles. The van der Waals surface area contributed by atoms with E-state index in [-0.39, 0.29) is 11.6 Å². The van der Waals surface area contributed by atoms with E-state index in [0.717, 1.165) is 11.8 Å². The molecule has 0 fully saturated rings. The highest BCUT2D eigenvalue weighted by molar-refractivity contribution is 8.00. The van der Waals surface area contributed by atoms with Crippen molar-refractivity contribution in [2.45, 2.75) is 21.0 Å². The molecule has 0 heterocycles. The number of amides is 1. The molecule has 1 N–H and O–H groups in total. The lowest BCUT2D eigenvalue weighted by Crippen LogP contribution is -2.40. The van der Waals surface area contributed by atoms with Crippen molar-refractivity contribution in [3.05, 3.63) is 34.4 Å². The van der Waals surface area contributed by atoms with Gasteiger partial charge in [0.05, 0.1) is 4.92 Å². The number of non-ortho nitro benzene ring substituents is 1. The molecule has 0 aromatic heterocycles. The summed E-state index contributed by atoms with van der Waals surface area (Å²) in [6.45, 7) is 1.31. The number of halogens is 3. The Morgan fingerprint density at radius 2 is 1.89 bits per heavy atom. The second-order valence-electron chi connectivity index (χ2n) is 3.49. The minimum atomic E-state index is -1.70. The normalized spacial score (nSPS) is 12.8. The zero-order valence-electron chi connectivity index (χ0n) is 9.60. The maximum Gasteiger partial charge on any atom is 0.269 e. The van der Waals surface area contributed by atoms with E-state index in [4.69, 9.17) is 34.8 Å². The van der Waals surface area contributed by atoms with Gasteiger partial charge in [-0.25, -0.2) is 0 Å². The number of rotatable bonds is 4. The number of carbonyl (C=O) groups excluding carboxylic acids is 1. The fourth-order valence-electron chi connectivity index (χ4n) is 1.15. The molecule has 0 saturated carbocycles. The first-order valence-electron chi connectivity index (χ1n) is 4.95. The SMILES string of the molecule is CC(=O)NC(Sc1ccc([N+](=O)[O-])cc1)C(Cl)(Cl)Cl. The molecule has 1 atom stereocenters. The topological polar surface area (TPSA) is 72.2 Å². The maximum absolute atomic E-state index is 11.0. The maximum atomic E-state index is 11.0. The molecule has 0 radical (unpaired) electrons. The summed E-state index contributed by atoms with van der Waals surface area (Å²) < 4.78 is -1.70. The molecule has 0 aliphatic heterocycles. The van der Waals surface area contributed by atoms with Crippen LogP contribution in [0.25, 0.3) is 0 Å². The summed E-state index contributed by atoms with van der Waals surface area (Å²) in [6, 6.07) is 5.72. The Morgan fingerprint density at radius 1 is 1.37 bits per heavy atom. The lowest BCUT2D eigenvalue weighted by atomic mass is 10.3. The van der Waals surface area contributed by atoms with Crippen LogP contribution in [0.2, 0.25) is 0 Å². The Bertz CT molecular complexity index is 476. The van der Waals surface area contributed by atoms with Crippen molar-refractivity contribution < 1.29 is 9.72 Å². The van der Waals surface area contributed by atoms with E-state index in [1.807, 2.05) is 0 Å². The number of nitrogens with one attached hydrogen (secondary N) is 1. The number of nitrogens with zero attached hydrogens (tertiary/aromatic N) is 1. The van der Waals surface area contributed by atoms with E-state index in [0.29, 0.717) is 4.90 Å². The summed E-state index contributed by atoms with van der Waals surface area (Å²) in [7, 11) is 0. The predicted octanol–water partition coefficient (Wildman–Crippen LogP) is 3.52. The van der Waals surface area contributed by atoms with Gasteiger partial charge >= 0.3 is 0 Å². The van der Waals surface area contributed by atoms with Gasteiger partial charge in [-0.1, -0.05) is 46.6 Å². The van der Waals surface area contributed by atoms with Crippen LogP contribution in [0.1, 0.15) is 6.92 Å². The first-order chi connectivity index (χ1) is 8.70. The average molecular weight is 344 g/mol. The van der Waals surface area contributed by atoms with Gasteiger partial charge in [0, 0.05) is 24.0 Å². The van der Waals surface area contributed by atoms with Crippen molar-refractivity contribution in [2.24, 2.45) is 0 Å². The summed E-state index contributed by atoms with van der Waals surface area (Å²) in [5, 5.41) is 12.2. The first kappa shape index (κ1) is 16.4. The Kier molecular flexibility index (Phi) is 5.73. The highest BCUT2D eigenvalue weighted by Gasteiger charge is 2.34. The van der Waals surface area contributed by atoms with Gasteiger partial charge in [-0.3, -0.25) is 14.9 Å². The van der Waals surface area contributed by atoms with Crippen LogP contribution < -0.4 is 5.32 Å². The van der Waals surface area contributed by atoms with Crippen molar-refractivity contribution in [3.63, 3.8) is 0 Å². The van der Waals surface area contributed by atoms with Gasteiger partial charge in [0.2, 0.25) is 9.70 Å². The van der Waals surface area contributed by atoms with Gasteiger partial charge in [-0.15, -0.1) is 0 Å². The number of nitro benzene ring substituents is 1. The van der Waals surface area contributed by atoms with Gasteiger partial charge in [-0.05, 0) is 12.1 Å². The van der Waals surface area contributed by atoms with Gasteiger partial charge in [0.1, 0.15) is 5.37 Å². The highest BCUT2D eigenvalue weighted by Crippen LogP contribution is 2.39. The smallest absolute Gasteiger partial charge is 0.269 e. The predicted molar refractivity (Wildman–Crippen MR) is 76.8 cm³/mol. The monoisotopic (exact) mass is 342 g/mol. The van der Waals surface area contributed by atoms with Crippen LogP contribution in [0, 0.1) is 10.1 Å². The molecule has 0 spiro atoms. The van der Waals surface area contributed by atoms with Crippen LogP contribution in [0.15, 0.2) is 29.2 Å². The van der Waals surface area contributed by atoms with Crippen molar-refractivity contribution in [1.82, 2.24) is 5.32 Å². The fourth-order valence-corrected chi connectivity index (χ4v) is 2.63. The molecule has 5 nitrogen and oxygen atoms in total. The molecule has 0 saturated heterocycles. The van der Waals surface area contributed by atoms with E-state index in [1.165, 1.54) is 31.2 Å². The van der Waals surface area contributed by atoms with Crippen molar-refractivity contribution in [1.29, 1.82) is 0 Å². The minimum Gasteiger partial charge on any atom is -0.340 e. The summed E-state index contributed by atoms with van der Waals surface area (Å²) in [4.78, 5) is 21.7. The Hall–Kier alpha value is -0.690. The molecule has 1 aromatic carbocycles. The van der Waals surface area contributed by atoms with Gasteiger partial charge < -0.3 is 5.32 Å². The number of alkyl halides is 3. The van der Waals surface area contributed by atoms with Gasteiger partial charge in [0.15, 0.2) is 0 Å². The molecule has 1 amide bonds. The molecule has 1 rings (SSSR count). The number of carbonyl (C=O) groups is 1. The molecule has 104 valence electrons. The minimum absolute atomic E-state index is 0.0330. The molecular formula is C10H9Cl3N2O3S. The second kappa shape index (κ2) is 6.65. The second-order valence-corrected chi connectivity index (χ2v) is 7.04. The molecule has 19 heavy (non-hydrogen) atoms. The Labute approximate surface area is 128 Å². The number of benzene rings is 1. The number of nitro groups is 1. The van der Waals surface area contributed by atoms with Crippen LogP contribution in [0.4, 0.5) is 5.69 Å². The highest BCUT2D eigenvalue weighted by atomic mass is 35.6. The summed E-state index contributed by atoms with van der Waals surface area (Å²) >= 11 is 18.4. The number of hydrogen-bond acceptors (Lipinski definition) is 4. The molecule has 0 bridgehead atoms. The largest absolute Gasteiger partial charge is 0.340 e. The summed E-state index contributed by atoms with van der Waals surface area (Å²) in [6.07, 6.45) is 0. The van der Waals surface area contributed by atoms with E-state index in [2.05, 4.69) is 5.32 Å². The van der Waals surface area contributed by atoms with Crippen LogP contribution in [-0.4, -0.2) is 20.0 Å². The third-order valence-electron chi connectivity index (χ3n) is 1.93. The van der Waals surface area contributed by atoms with Crippen LogP contribution >= 0.6 is 46.6 Å². The Morgan fingerprint density at radius 3 is 2.26 bits per heavy atom. The zero-order valence-corrected chi connectivity index (χ0v) is 12.7. The standard InChI is InChI=1S/C10H9Cl3N2O3S/c1-6(16)14-9(10(11,12)13)19-8-4-2-7(3-5-8)15(17)18/h2-5,9H,1H3,(H,14,16). The summed E-state index contributed by atoms with van der Waals surface area (Å²) in [5.41, 5.74) is -0.0330. The molecular weight excluding hydrogens is 335 g/mol. The number of thioether (sulfide) groups is 1. The van der Waals surface area contributed by atoms with E-state index < -0.39 is 14.1 Å². The van der Waals surface area contributed by atoms with Crippen molar-refractivity contribution in [2.75, 3.05) is 0 Å². The molecule has 1 unspecified atom stereocenters. The third kappa shape index (κ3) is 5.44. The summed E-state index contributed by atoms with van der Waals surface area (Å²) in [5.74, 6) is -0.342. The lowest BCUT2D eigenvalue weighted by Gasteiger charge is -2.24. The number of hydrogen-bond donors (Lipinski definition) is 1. The van der Waals surface area contributed by atoms with Crippen LogP contribution in [0.5, 0.6) is 0 Å². The zero-order chi connectivity index (χ0) is 14.6. The van der Waals surface area contributed by atoms with E-state index >= 15 is 0 Å². The average Bonchev–Trinajstić information content (AvgIpc) is 2.27. The quantitative estimate of drug-likeness (QED) is 0.298. The molecule has 0 aliphatic rings. The van der Waals surface area contributed by atoms with Crippen LogP contribution in [-0.2, 0) is 4.79 Å².